The number of nitrogens with zero attached hydrogens (tertiary/aromatic N) is 1. The number of nitrogens with two attached hydrogens (primary N) is 2. The molecule has 0 saturated carbocycles. The summed E-state index contributed by atoms with van der Waals surface area (Å²) >= 11 is 2.55. The number of amides is 1. The van der Waals surface area contributed by atoms with Crippen molar-refractivity contribution in [2.24, 2.45) is 5.73 Å². The van der Waals surface area contributed by atoms with E-state index in [4.69, 9.17) is 11.5 Å². The molecule has 0 atom stereocenters. The molecule has 0 aliphatic carbocycles. The molecule has 1 heterocycles. The van der Waals surface area contributed by atoms with Crippen molar-refractivity contribution in [3.8, 4) is 0 Å². The Bertz CT molecular complexity index is 612. The van der Waals surface area contributed by atoms with E-state index in [9.17, 15) is 9.18 Å². The number of hydrogen-bond acceptors (Lipinski definition) is 5. The molecule has 2 rings (SSSR count). The smallest absolute Gasteiger partial charge is 0.250 e. The van der Waals surface area contributed by atoms with Crippen LogP contribution in [0.4, 0.5) is 10.1 Å². The SMILES string of the molecule is Cc1csc(Sc2cc(C(N)=O)c(N)cc2F)n1. The van der Waals surface area contributed by atoms with Crippen LogP contribution in [0.3, 0.4) is 0 Å². The van der Waals surface area contributed by atoms with Gasteiger partial charge >= 0.3 is 0 Å². The first-order chi connectivity index (χ1) is 8.47. The predicted molar refractivity (Wildman–Crippen MR) is 70.3 cm³/mol. The fourth-order valence-corrected chi connectivity index (χ4v) is 3.17. The summed E-state index contributed by atoms with van der Waals surface area (Å²) in [5.41, 5.74) is 11.7. The van der Waals surface area contributed by atoms with Crippen LogP contribution < -0.4 is 11.5 Å². The average molecular weight is 283 g/mol. The van der Waals surface area contributed by atoms with Crippen molar-refractivity contribution in [1.29, 1.82) is 0 Å². The van der Waals surface area contributed by atoms with Crippen molar-refractivity contribution in [2.45, 2.75) is 16.2 Å². The molecule has 1 amide bonds. The summed E-state index contributed by atoms with van der Waals surface area (Å²) in [5.74, 6) is -1.17. The Balaban J connectivity index is 2.38. The largest absolute Gasteiger partial charge is 0.398 e. The number of anilines is 1. The van der Waals surface area contributed by atoms with Gasteiger partial charge in [0.2, 0.25) is 0 Å². The second kappa shape index (κ2) is 4.95. The van der Waals surface area contributed by atoms with Crippen LogP contribution in [-0.4, -0.2) is 10.9 Å². The molecule has 4 N–H and O–H groups in total. The van der Waals surface area contributed by atoms with E-state index in [1.165, 1.54) is 17.4 Å². The maximum absolute atomic E-state index is 13.7. The summed E-state index contributed by atoms with van der Waals surface area (Å²) in [5, 5.41) is 1.87. The Morgan fingerprint density at radius 1 is 1.50 bits per heavy atom. The number of primary amides is 1. The lowest BCUT2D eigenvalue weighted by Crippen LogP contribution is -2.14. The van der Waals surface area contributed by atoms with Crippen LogP contribution in [0.25, 0.3) is 0 Å². The van der Waals surface area contributed by atoms with E-state index in [1.807, 2.05) is 12.3 Å². The lowest BCUT2D eigenvalue weighted by atomic mass is 10.1. The highest BCUT2D eigenvalue weighted by Crippen LogP contribution is 2.34. The number of aromatic nitrogens is 1. The molecule has 2 aromatic rings. The Hall–Kier alpha value is -1.60. The lowest BCUT2D eigenvalue weighted by molar-refractivity contribution is 0.100. The summed E-state index contributed by atoms with van der Waals surface area (Å²) < 4.78 is 14.4. The summed E-state index contributed by atoms with van der Waals surface area (Å²) in [6.07, 6.45) is 0. The molecular formula is C11H10FN3OS2. The third-order valence-electron chi connectivity index (χ3n) is 2.16. The van der Waals surface area contributed by atoms with Gasteiger partial charge in [-0.05, 0) is 19.1 Å². The van der Waals surface area contributed by atoms with Gasteiger partial charge in [-0.25, -0.2) is 9.37 Å². The van der Waals surface area contributed by atoms with Gasteiger partial charge in [0.1, 0.15) is 5.82 Å². The van der Waals surface area contributed by atoms with Crippen LogP contribution in [0.15, 0.2) is 26.7 Å². The second-order valence-corrected chi connectivity index (χ2v) is 5.74. The molecule has 0 bridgehead atoms. The number of halogens is 1. The lowest BCUT2D eigenvalue weighted by Gasteiger charge is -2.06. The molecule has 0 aliphatic rings. The number of nitrogen functional groups attached to an aromatic ring is 1. The molecule has 0 spiro atoms. The molecule has 0 radical (unpaired) electrons. The Morgan fingerprint density at radius 2 is 2.22 bits per heavy atom. The van der Waals surface area contributed by atoms with Crippen molar-refractivity contribution < 1.29 is 9.18 Å². The maximum atomic E-state index is 13.7. The number of benzene rings is 1. The third-order valence-corrected chi connectivity index (χ3v) is 4.25. The first-order valence-electron chi connectivity index (χ1n) is 4.96. The van der Waals surface area contributed by atoms with Gasteiger partial charge in [-0.1, -0.05) is 11.8 Å². The number of hydrogen-bond donors (Lipinski definition) is 2. The van der Waals surface area contributed by atoms with Crippen LogP contribution in [-0.2, 0) is 0 Å². The van der Waals surface area contributed by atoms with E-state index in [-0.39, 0.29) is 16.1 Å². The fraction of sp³-hybridized carbons (Fsp3) is 0.0909. The molecule has 0 unspecified atom stereocenters. The van der Waals surface area contributed by atoms with Crippen LogP contribution in [0.2, 0.25) is 0 Å². The van der Waals surface area contributed by atoms with Crippen molar-refractivity contribution in [1.82, 2.24) is 4.98 Å². The number of carbonyl (C=O) groups is 1. The molecule has 1 aromatic carbocycles. The Morgan fingerprint density at radius 3 is 2.78 bits per heavy atom. The van der Waals surface area contributed by atoms with E-state index < -0.39 is 11.7 Å². The standard InChI is InChI=1S/C11H10FN3OS2/c1-5-4-17-11(15-5)18-9-2-6(10(14)16)8(13)3-7(9)12/h2-4H,13H2,1H3,(H2,14,16). The second-order valence-electron chi connectivity index (χ2n) is 3.59. The Kier molecular flexibility index (Phi) is 3.53. The number of aryl methyl sites for hydroxylation is 1. The summed E-state index contributed by atoms with van der Waals surface area (Å²) in [4.78, 5) is 15.6. The summed E-state index contributed by atoms with van der Waals surface area (Å²) in [7, 11) is 0. The van der Waals surface area contributed by atoms with E-state index in [2.05, 4.69) is 4.98 Å². The molecule has 7 heteroatoms. The quantitative estimate of drug-likeness (QED) is 0.848. The minimum atomic E-state index is -0.676. The summed E-state index contributed by atoms with van der Waals surface area (Å²) in [6, 6.07) is 2.46. The molecule has 0 saturated heterocycles. The molecule has 94 valence electrons. The highest BCUT2D eigenvalue weighted by Gasteiger charge is 2.14. The first-order valence-corrected chi connectivity index (χ1v) is 6.66. The van der Waals surface area contributed by atoms with Crippen LogP contribution >= 0.6 is 23.1 Å². The number of carbonyl (C=O) groups excluding carboxylic acids is 1. The third kappa shape index (κ3) is 2.62. The molecule has 1 aromatic heterocycles. The van der Waals surface area contributed by atoms with Gasteiger partial charge in [0, 0.05) is 16.8 Å². The molecule has 4 nitrogen and oxygen atoms in total. The van der Waals surface area contributed by atoms with Crippen LogP contribution in [0.1, 0.15) is 16.1 Å². The highest BCUT2D eigenvalue weighted by molar-refractivity contribution is 8.01. The molecule has 0 aliphatic heterocycles. The zero-order valence-electron chi connectivity index (χ0n) is 9.44. The van der Waals surface area contributed by atoms with Gasteiger partial charge in [-0.2, -0.15) is 0 Å². The van der Waals surface area contributed by atoms with Crippen LogP contribution in [0, 0.1) is 12.7 Å². The van der Waals surface area contributed by atoms with Crippen molar-refractivity contribution in [2.75, 3.05) is 5.73 Å². The van der Waals surface area contributed by atoms with Gasteiger partial charge in [0.15, 0.2) is 4.34 Å². The fourth-order valence-electron chi connectivity index (χ4n) is 1.33. The molecular weight excluding hydrogens is 273 g/mol. The average Bonchev–Trinajstić information content (AvgIpc) is 2.67. The minimum Gasteiger partial charge on any atom is -0.398 e. The first kappa shape index (κ1) is 12.8. The van der Waals surface area contributed by atoms with E-state index in [0.29, 0.717) is 4.34 Å². The Labute approximate surface area is 111 Å². The van der Waals surface area contributed by atoms with Crippen molar-refractivity contribution >= 4 is 34.7 Å². The van der Waals surface area contributed by atoms with Crippen molar-refractivity contribution in [3.63, 3.8) is 0 Å². The monoisotopic (exact) mass is 283 g/mol. The van der Waals surface area contributed by atoms with Gasteiger partial charge in [0.25, 0.3) is 5.91 Å². The van der Waals surface area contributed by atoms with Gasteiger partial charge < -0.3 is 11.5 Å². The number of rotatable bonds is 3. The zero-order chi connectivity index (χ0) is 13.3. The normalized spacial score (nSPS) is 10.6. The van der Waals surface area contributed by atoms with E-state index in [0.717, 1.165) is 23.5 Å². The highest BCUT2D eigenvalue weighted by atomic mass is 32.2. The van der Waals surface area contributed by atoms with Gasteiger partial charge in [0.05, 0.1) is 10.5 Å². The summed E-state index contributed by atoms with van der Waals surface area (Å²) in [6.45, 7) is 1.86. The number of thiazole rings is 1. The minimum absolute atomic E-state index is 0.0414. The zero-order valence-corrected chi connectivity index (χ0v) is 11.1. The molecule has 18 heavy (non-hydrogen) atoms. The topological polar surface area (TPSA) is 82.0 Å². The van der Waals surface area contributed by atoms with Crippen molar-refractivity contribution in [3.05, 3.63) is 34.6 Å². The van der Waals surface area contributed by atoms with E-state index in [1.54, 1.807) is 0 Å². The van der Waals surface area contributed by atoms with Gasteiger partial charge in [-0.3, -0.25) is 4.79 Å². The van der Waals surface area contributed by atoms with E-state index >= 15 is 0 Å². The predicted octanol–water partition coefficient (Wildman–Crippen LogP) is 2.42. The van der Waals surface area contributed by atoms with Crippen LogP contribution in [0.5, 0.6) is 0 Å². The molecule has 0 fully saturated rings. The maximum Gasteiger partial charge on any atom is 0.250 e. The van der Waals surface area contributed by atoms with Gasteiger partial charge in [-0.15, -0.1) is 11.3 Å².